The van der Waals surface area contributed by atoms with Crippen LogP contribution < -0.4 is 10.2 Å². The molecule has 0 bridgehead atoms. The number of aromatic nitrogens is 3. The van der Waals surface area contributed by atoms with Crippen molar-refractivity contribution in [2.75, 3.05) is 23.3 Å². The standard InChI is InChI=1S/C24H27N5O2S/c1-17(30)19-11-13-20(14-12-19)25-22(31)18(2)32-24-27-26-23(28-15-7-4-8-16-28)29(24)21-9-5-3-6-10-21/h3,5-6,9-14,18H,4,7-8,15-16H2,1-2H3,(H,25,31). The number of benzene rings is 2. The van der Waals surface area contributed by atoms with Gasteiger partial charge in [0, 0.05) is 24.3 Å². The molecule has 1 amide bonds. The number of amides is 1. The van der Waals surface area contributed by atoms with E-state index in [1.807, 2.05) is 41.8 Å². The summed E-state index contributed by atoms with van der Waals surface area (Å²) in [5.41, 5.74) is 2.26. The molecule has 3 aromatic rings. The minimum Gasteiger partial charge on any atom is -0.341 e. The summed E-state index contributed by atoms with van der Waals surface area (Å²) in [7, 11) is 0. The van der Waals surface area contributed by atoms with Crippen molar-refractivity contribution >= 4 is 35.1 Å². The molecule has 32 heavy (non-hydrogen) atoms. The molecule has 166 valence electrons. The van der Waals surface area contributed by atoms with Gasteiger partial charge >= 0.3 is 0 Å². The van der Waals surface area contributed by atoms with Gasteiger partial charge < -0.3 is 10.2 Å². The van der Waals surface area contributed by atoms with Crippen molar-refractivity contribution in [3.05, 3.63) is 60.2 Å². The molecule has 8 heteroatoms. The van der Waals surface area contributed by atoms with Crippen LogP contribution in [-0.4, -0.2) is 44.8 Å². The fraction of sp³-hybridized carbons (Fsp3) is 0.333. The highest BCUT2D eigenvalue weighted by atomic mass is 32.2. The number of nitrogens with one attached hydrogen (secondary N) is 1. The third-order valence-corrected chi connectivity index (χ3v) is 6.52. The van der Waals surface area contributed by atoms with E-state index in [1.165, 1.54) is 25.1 Å². The lowest BCUT2D eigenvalue weighted by Crippen LogP contribution is -2.31. The highest BCUT2D eigenvalue weighted by Crippen LogP contribution is 2.30. The molecule has 1 aliphatic rings. The molecule has 1 aromatic heterocycles. The summed E-state index contributed by atoms with van der Waals surface area (Å²) in [6.45, 7) is 5.30. The molecule has 4 rings (SSSR count). The first-order valence-corrected chi connectivity index (χ1v) is 11.7. The van der Waals surface area contributed by atoms with E-state index in [-0.39, 0.29) is 16.9 Å². The number of hydrogen-bond acceptors (Lipinski definition) is 6. The van der Waals surface area contributed by atoms with Crippen LogP contribution in [0, 0.1) is 0 Å². The molecule has 1 aliphatic heterocycles. The largest absolute Gasteiger partial charge is 0.341 e. The number of thioether (sulfide) groups is 1. The van der Waals surface area contributed by atoms with E-state index in [1.54, 1.807) is 24.3 Å². The quantitative estimate of drug-likeness (QED) is 0.420. The average Bonchev–Trinajstić information content (AvgIpc) is 3.24. The number of ketones is 1. The van der Waals surface area contributed by atoms with Crippen molar-refractivity contribution in [2.24, 2.45) is 0 Å². The minimum atomic E-state index is -0.386. The summed E-state index contributed by atoms with van der Waals surface area (Å²) >= 11 is 1.38. The van der Waals surface area contributed by atoms with E-state index in [0.717, 1.165) is 37.6 Å². The second-order valence-electron chi connectivity index (χ2n) is 7.88. The van der Waals surface area contributed by atoms with Crippen molar-refractivity contribution < 1.29 is 9.59 Å². The Bertz CT molecular complexity index is 1080. The molecule has 1 unspecified atom stereocenters. The van der Waals surface area contributed by atoms with Crippen LogP contribution in [-0.2, 0) is 4.79 Å². The Labute approximate surface area is 192 Å². The number of piperidine rings is 1. The Balaban J connectivity index is 1.53. The van der Waals surface area contributed by atoms with Gasteiger partial charge in [-0.15, -0.1) is 10.2 Å². The fourth-order valence-electron chi connectivity index (χ4n) is 3.68. The second kappa shape index (κ2) is 9.99. The van der Waals surface area contributed by atoms with Gasteiger partial charge in [0.1, 0.15) is 0 Å². The van der Waals surface area contributed by atoms with Gasteiger partial charge in [0.2, 0.25) is 11.9 Å². The molecular weight excluding hydrogens is 422 g/mol. The lowest BCUT2D eigenvalue weighted by Gasteiger charge is -2.28. The first kappa shape index (κ1) is 22.1. The summed E-state index contributed by atoms with van der Waals surface area (Å²) in [6, 6.07) is 16.9. The monoisotopic (exact) mass is 449 g/mol. The Morgan fingerprint density at radius 2 is 1.66 bits per heavy atom. The van der Waals surface area contributed by atoms with Crippen molar-refractivity contribution in [3.63, 3.8) is 0 Å². The lowest BCUT2D eigenvalue weighted by atomic mass is 10.1. The molecule has 0 aliphatic carbocycles. The zero-order valence-corrected chi connectivity index (χ0v) is 19.1. The Morgan fingerprint density at radius 1 is 0.969 bits per heavy atom. The van der Waals surface area contributed by atoms with E-state index < -0.39 is 0 Å². The summed E-state index contributed by atoms with van der Waals surface area (Å²) in [5, 5.41) is 12.2. The van der Waals surface area contributed by atoms with Gasteiger partial charge in [-0.1, -0.05) is 30.0 Å². The molecule has 2 heterocycles. The predicted molar refractivity (Wildman–Crippen MR) is 128 cm³/mol. The van der Waals surface area contributed by atoms with Crippen LogP contribution >= 0.6 is 11.8 Å². The molecule has 1 saturated heterocycles. The van der Waals surface area contributed by atoms with Gasteiger partial charge in [-0.05, 0) is 69.5 Å². The van der Waals surface area contributed by atoms with Crippen molar-refractivity contribution in [3.8, 4) is 5.69 Å². The number of para-hydroxylation sites is 1. The number of carbonyl (C=O) groups is 2. The molecule has 0 saturated carbocycles. The highest BCUT2D eigenvalue weighted by molar-refractivity contribution is 8.00. The van der Waals surface area contributed by atoms with Gasteiger partial charge in [0.05, 0.1) is 10.9 Å². The summed E-state index contributed by atoms with van der Waals surface area (Å²) in [6.07, 6.45) is 3.53. The fourth-order valence-corrected chi connectivity index (χ4v) is 4.55. The van der Waals surface area contributed by atoms with Crippen LogP contribution in [0.2, 0.25) is 0 Å². The van der Waals surface area contributed by atoms with Crippen LogP contribution in [0.1, 0.15) is 43.5 Å². The van der Waals surface area contributed by atoms with Gasteiger partial charge in [0.25, 0.3) is 0 Å². The van der Waals surface area contributed by atoms with E-state index in [2.05, 4.69) is 20.4 Å². The topological polar surface area (TPSA) is 80.1 Å². The molecule has 0 spiro atoms. The molecule has 1 fully saturated rings. The van der Waals surface area contributed by atoms with Crippen LogP contribution in [0.4, 0.5) is 11.6 Å². The Morgan fingerprint density at radius 3 is 2.31 bits per heavy atom. The molecular formula is C24H27N5O2S. The first-order valence-electron chi connectivity index (χ1n) is 10.9. The van der Waals surface area contributed by atoms with E-state index in [0.29, 0.717) is 16.4 Å². The van der Waals surface area contributed by atoms with E-state index >= 15 is 0 Å². The number of Topliss-reactive ketones (excluding diaryl/α,β-unsaturated/α-hetero) is 1. The normalized spacial score (nSPS) is 14.8. The van der Waals surface area contributed by atoms with E-state index in [9.17, 15) is 9.59 Å². The molecule has 1 atom stereocenters. The number of nitrogens with zero attached hydrogens (tertiary/aromatic N) is 4. The second-order valence-corrected chi connectivity index (χ2v) is 9.19. The minimum absolute atomic E-state index is 0.00319. The summed E-state index contributed by atoms with van der Waals surface area (Å²) < 4.78 is 2.04. The predicted octanol–water partition coefficient (Wildman–Crippen LogP) is 4.58. The van der Waals surface area contributed by atoms with Crippen LogP contribution in [0.3, 0.4) is 0 Å². The van der Waals surface area contributed by atoms with Crippen LogP contribution in [0.25, 0.3) is 5.69 Å². The van der Waals surface area contributed by atoms with Gasteiger partial charge in [-0.3, -0.25) is 14.2 Å². The Kier molecular flexibility index (Phi) is 6.90. The molecule has 2 aromatic carbocycles. The number of anilines is 2. The maximum atomic E-state index is 12.8. The Hall–Kier alpha value is -3.13. The first-order chi connectivity index (χ1) is 15.5. The maximum absolute atomic E-state index is 12.8. The average molecular weight is 450 g/mol. The van der Waals surface area contributed by atoms with Crippen molar-refractivity contribution in [1.29, 1.82) is 0 Å². The maximum Gasteiger partial charge on any atom is 0.237 e. The van der Waals surface area contributed by atoms with Gasteiger partial charge in [0.15, 0.2) is 10.9 Å². The number of rotatable bonds is 7. The third kappa shape index (κ3) is 5.02. The number of hydrogen-bond donors (Lipinski definition) is 1. The van der Waals surface area contributed by atoms with Gasteiger partial charge in [-0.2, -0.15) is 0 Å². The van der Waals surface area contributed by atoms with Crippen LogP contribution in [0.5, 0.6) is 0 Å². The third-order valence-electron chi connectivity index (χ3n) is 5.48. The zero-order valence-electron chi connectivity index (χ0n) is 18.3. The smallest absolute Gasteiger partial charge is 0.237 e. The number of carbonyl (C=O) groups excluding carboxylic acids is 2. The zero-order chi connectivity index (χ0) is 22.5. The van der Waals surface area contributed by atoms with Gasteiger partial charge in [-0.25, -0.2) is 0 Å². The summed E-state index contributed by atoms with van der Waals surface area (Å²) in [5.74, 6) is 0.690. The molecule has 7 nitrogen and oxygen atoms in total. The molecule has 1 N–H and O–H groups in total. The summed E-state index contributed by atoms with van der Waals surface area (Å²) in [4.78, 5) is 26.5. The van der Waals surface area contributed by atoms with Crippen molar-refractivity contribution in [1.82, 2.24) is 14.8 Å². The SMILES string of the molecule is CC(=O)c1ccc(NC(=O)C(C)Sc2nnc(N3CCCCC3)n2-c2ccccc2)cc1. The van der Waals surface area contributed by atoms with Crippen LogP contribution in [0.15, 0.2) is 59.8 Å². The van der Waals surface area contributed by atoms with Crippen molar-refractivity contribution in [2.45, 2.75) is 43.5 Å². The lowest BCUT2D eigenvalue weighted by molar-refractivity contribution is -0.115. The highest BCUT2D eigenvalue weighted by Gasteiger charge is 2.24. The molecule has 0 radical (unpaired) electrons. The van der Waals surface area contributed by atoms with E-state index in [4.69, 9.17) is 0 Å².